The molecule has 3 aromatic rings. The molecular weight excluding hydrogens is 334 g/mol. The van der Waals surface area contributed by atoms with E-state index in [1.807, 2.05) is 6.07 Å². The number of hydrogen-bond acceptors (Lipinski definition) is 5. The summed E-state index contributed by atoms with van der Waals surface area (Å²) in [6.45, 7) is 0.298. The first-order valence-corrected chi connectivity index (χ1v) is 7.88. The Bertz CT molecular complexity index is 889. The van der Waals surface area contributed by atoms with Crippen molar-refractivity contribution >= 4 is 17.5 Å². The van der Waals surface area contributed by atoms with Crippen LogP contribution >= 0.6 is 0 Å². The summed E-state index contributed by atoms with van der Waals surface area (Å²) in [6, 6.07) is 13.4. The summed E-state index contributed by atoms with van der Waals surface area (Å²) in [5.74, 6) is 0.108. The van der Waals surface area contributed by atoms with E-state index in [1.165, 1.54) is 13.4 Å². The van der Waals surface area contributed by atoms with Gasteiger partial charge in [-0.05, 0) is 42.5 Å². The van der Waals surface area contributed by atoms with E-state index >= 15 is 0 Å². The van der Waals surface area contributed by atoms with Gasteiger partial charge in [0.25, 0.3) is 11.8 Å². The molecule has 26 heavy (non-hydrogen) atoms. The van der Waals surface area contributed by atoms with Gasteiger partial charge in [-0.3, -0.25) is 9.59 Å². The number of ether oxygens (including phenoxy) is 1. The molecular formula is C19H17N3O4. The molecule has 1 aromatic carbocycles. The maximum Gasteiger partial charge on any atom is 0.291 e. The number of hydrogen-bond donors (Lipinski definition) is 2. The van der Waals surface area contributed by atoms with Crippen LogP contribution in [-0.2, 0) is 6.54 Å². The van der Waals surface area contributed by atoms with Crippen LogP contribution in [-0.4, -0.2) is 23.9 Å². The minimum atomic E-state index is -0.351. The average molecular weight is 351 g/mol. The maximum atomic E-state index is 12.3. The number of nitrogens with one attached hydrogen (secondary N) is 2. The fourth-order valence-electron chi connectivity index (χ4n) is 2.33. The van der Waals surface area contributed by atoms with Crippen LogP contribution in [0, 0.1) is 0 Å². The van der Waals surface area contributed by atoms with Gasteiger partial charge in [0.2, 0.25) is 5.88 Å². The van der Waals surface area contributed by atoms with Crippen molar-refractivity contribution < 1.29 is 18.7 Å². The molecule has 2 N–H and O–H groups in total. The van der Waals surface area contributed by atoms with E-state index in [2.05, 4.69) is 15.6 Å². The third-order valence-corrected chi connectivity index (χ3v) is 3.63. The molecule has 2 heterocycles. The molecule has 7 nitrogen and oxygen atoms in total. The molecule has 0 bridgehead atoms. The number of aromatic nitrogens is 1. The van der Waals surface area contributed by atoms with Crippen LogP contribution < -0.4 is 15.4 Å². The molecule has 0 spiro atoms. The molecule has 7 heteroatoms. The Labute approximate surface area is 150 Å². The van der Waals surface area contributed by atoms with E-state index in [0.29, 0.717) is 23.7 Å². The Hall–Kier alpha value is -3.61. The van der Waals surface area contributed by atoms with Gasteiger partial charge in [-0.2, -0.15) is 0 Å². The number of rotatable bonds is 6. The smallest absolute Gasteiger partial charge is 0.291 e. The molecule has 0 saturated carbocycles. The summed E-state index contributed by atoms with van der Waals surface area (Å²) in [4.78, 5) is 28.3. The topological polar surface area (TPSA) is 93.5 Å². The van der Waals surface area contributed by atoms with E-state index in [-0.39, 0.29) is 17.6 Å². The number of amides is 2. The normalized spacial score (nSPS) is 10.2. The number of anilines is 1. The van der Waals surface area contributed by atoms with Crippen molar-refractivity contribution in [2.45, 2.75) is 6.54 Å². The van der Waals surface area contributed by atoms with Crippen molar-refractivity contribution in [3.05, 3.63) is 77.9 Å². The summed E-state index contributed by atoms with van der Waals surface area (Å²) in [6.07, 6.45) is 3.06. The van der Waals surface area contributed by atoms with Crippen LogP contribution in [0.15, 0.2) is 65.4 Å². The summed E-state index contributed by atoms with van der Waals surface area (Å²) in [7, 11) is 1.53. The van der Waals surface area contributed by atoms with E-state index in [4.69, 9.17) is 9.15 Å². The van der Waals surface area contributed by atoms with Crippen LogP contribution in [0.5, 0.6) is 5.88 Å². The first-order valence-electron chi connectivity index (χ1n) is 7.88. The number of methoxy groups -OCH3 is 1. The van der Waals surface area contributed by atoms with Crippen molar-refractivity contribution in [2.75, 3.05) is 12.4 Å². The lowest BCUT2D eigenvalue weighted by Crippen LogP contribution is -2.23. The molecule has 0 unspecified atom stereocenters. The van der Waals surface area contributed by atoms with E-state index in [0.717, 1.165) is 5.56 Å². The Balaban J connectivity index is 1.59. The summed E-state index contributed by atoms with van der Waals surface area (Å²) in [5.41, 5.74) is 1.83. The largest absolute Gasteiger partial charge is 0.481 e. The standard InChI is InChI=1S/C19H17N3O4/c1-25-19-14(4-2-10-20-19)12-21-17(23)13-6-8-15(9-7-13)22-18(24)16-5-3-11-26-16/h2-11H,12H2,1H3,(H,21,23)(H,22,24). The second-order valence-corrected chi connectivity index (χ2v) is 5.36. The van der Waals surface area contributed by atoms with Gasteiger partial charge in [-0.15, -0.1) is 0 Å². The van der Waals surface area contributed by atoms with Crippen molar-refractivity contribution in [1.82, 2.24) is 10.3 Å². The van der Waals surface area contributed by atoms with E-state index in [1.54, 1.807) is 48.7 Å². The van der Waals surface area contributed by atoms with E-state index < -0.39 is 0 Å². The number of carbonyl (C=O) groups excluding carboxylic acids is 2. The Morgan fingerprint density at radius 2 is 1.88 bits per heavy atom. The molecule has 0 aliphatic heterocycles. The van der Waals surface area contributed by atoms with Crippen molar-refractivity contribution in [2.24, 2.45) is 0 Å². The van der Waals surface area contributed by atoms with Crippen LogP contribution in [0.4, 0.5) is 5.69 Å². The zero-order chi connectivity index (χ0) is 18.4. The van der Waals surface area contributed by atoms with Crippen molar-refractivity contribution in [3.8, 4) is 5.88 Å². The lowest BCUT2D eigenvalue weighted by Gasteiger charge is -2.09. The van der Waals surface area contributed by atoms with Crippen LogP contribution in [0.2, 0.25) is 0 Å². The highest BCUT2D eigenvalue weighted by molar-refractivity contribution is 6.02. The van der Waals surface area contributed by atoms with Gasteiger partial charge < -0.3 is 19.8 Å². The molecule has 0 aliphatic rings. The molecule has 132 valence electrons. The highest BCUT2D eigenvalue weighted by Crippen LogP contribution is 2.14. The predicted octanol–water partition coefficient (Wildman–Crippen LogP) is 2.87. The first kappa shape index (κ1) is 17.2. The third-order valence-electron chi connectivity index (χ3n) is 3.63. The predicted molar refractivity (Wildman–Crippen MR) is 95.1 cm³/mol. The minimum absolute atomic E-state index is 0.220. The highest BCUT2D eigenvalue weighted by atomic mass is 16.5. The third kappa shape index (κ3) is 4.07. The molecule has 2 amide bonds. The van der Waals surface area contributed by atoms with Crippen molar-refractivity contribution in [3.63, 3.8) is 0 Å². The molecule has 2 aromatic heterocycles. The molecule has 0 radical (unpaired) electrons. The number of pyridine rings is 1. The molecule has 0 aliphatic carbocycles. The number of furan rings is 1. The Morgan fingerprint density at radius 3 is 2.58 bits per heavy atom. The SMILES string of the molecule is COc1ncccc1CNC(=O)c1ccc(NC(=O)c2ccco2)cc1. The Morgan fingerprint density at radius 1 is 1.08 bits per heavy atom. The van der Waals surface area contributed by atoms with Crippen LogP contribution in [0.1, 0.15) is 26.5 Å². The van der Waals surface area contributed by atoms with Gasteiger partial charge in [0.15, 0.2) is 5.76 Å². The zero-order valence-electron chi connectivity index (χ0n) is 14.1. The highest BCUT2D eigenvalue weighted by Gasteiger charge is 2.11. The van der Waals surface area contributed by atoms with Gasteiger partial charge in [-0.25, -0.2) is 4.98 Å². The zero-order valence-corrected chi connectivity index (χ0v) is 14.1. The van der Waals surface area contributed by atoms with Crippen LogP contribution in [0.25, 0.3) is 0 Å². The van der Waals surface area contributed by atoms with Gasteiger partial charge >= 0.3 is 0 Å². The number of carbonyl (C=O) groups is 2. The Kier molecular flexibility index (Phi) is 5.28. The van der Waals surface area contributed by atoms with Crippen molar-refractivity contribution in [1.29, 1.82) is 0 Å². The molecule has 0 atom stereocenters. The van der Waals surface area contributed by atoms with Gasteiger partial charge in [0.1, 0.15) is 0 Å². The number of nitrogens with zero attached hydrogens (tertiary/aromatic N) is 1. The van der Waals surface area contributed by atoms with Gasteiger partial charge in [0, 0.05) is 29.6 Å². The summed E-state index contributed by atoms with van der Waals surface area (Å²) >= 11 is 0. The molecule has 0 saturated heterocycles. The van der Waals surface area contributed by atoms with Gasteiger partial charge in [0.05, 0.1) is 13.4 Å². The fraction of sp³-hybridized carbons (Fsp3) is 0.105. The first-order chi connectivity index (χ1) is 12.7. The lowest BCUT2D eigenvalue weighted by molar-refractivity contribution is 0.0949. The summed E-state index contributed by atoms with van der Waals surface area (Å²) in [5, 5.41) is 5.51. The molecule has 0 fully saturated rings. The average Bonchev–Trinajstić information content (AvgIpc) is 3.22. The van der Waals surface area contributed by atoms with Crippen LogP contribution in [0.3, 0.4) is 0 Å². The monoisotopic (exact) mass is 351 g/mol. The summed E-state index contributed by atoms with van der Waals surface area (Å²) < 4.78 is 10.2. The quantitative estimate of drug-likeness (QED) is 0.712. The minimum Gasteiger partial charge on any atom is -0.481 e. The van der Waals surface area contributed by atoms with E-state index in [9.17, 15) is 9.59 Å². The lowest BCUT2D eigenvalue weighted by atomic mass is 10.2. The van der Waals surface area contributed by atoms with Gasteiger partial charge in [-0.1, -0.05) is 6.07 Å². The second-order valence-electron chi connectivity index (χ2n) is 5.36. The molecule has 3 rings (SSSR count). The number of benzene rings is 1. The fourth-order valence-corrected chi connectivity index (χ4v) is 2.33. The maximum absolute atomic E-state index is 12.3. The second kappa shape index (κ2) is 7.98.